The maximum absolute atomic E-state index is 13.6. The van der Waals surface area contributed by atoms with E-state index in [0.29, 0.717) is 38.9 Å². The van der Waals surface area contributed by atoms with Crippen LogP contribution >= 0.6 is 0 Å². The first-order chi connectivity index (χ1) is 19.9. The van der Waals surface area contributed by atoms with Gasteiger partial charge in [0.25, 0.3) is 0 Å². The molecule has 1 rings (SSSR count). The Morgan fingerprint density at radius 3 is 2.07 bits per heavy atom. The lowest BCUT2D eigenvalue weighted by molar-refractivity contribution is -0.138. The Bertz CT molecular complexity index is 952. The highest BCUT2D eigenvalue weighted by Crippen LogP contribution is 2.28. The highest BCUT2D eigenvalue weighted by molar-refractivity contribution is 5.85. The summed E-state index contributed by atoms with van der Waals surface area (Å²) in [6, 6.07) is 9.97. The molecule has 0 spiro atoms. The maximum atomic E-state index is 13.6. The van der Waals surface area contributed by atoms with E-state index < -0.39 is 0 Å². The van der Waals surface area contributed by atoms with Gasteiger partial charge in [-0.25, -0.2) is 0 Å². The van der Waals surface area contributed by atoms with Gasteiger partial charge in [-0.3, -0.25) is 19.2 Å². The summed E-state index contributed by atoms with van der Waals surface area (Å²) in [5, 5.41) is 5.79. The fraction of sp³-hybridized carbons (Fsp3) is 0.706. The summed E-state index contributed by atoms with van der Waals surface area (Å²) in [6.45, 7) is 15.9. The number of carbonyl (C=O) groups excluding carboxylic acids is 4. The molecular weight excluding hydrogens is 528 g/mol. The van der Waals surface area contributed by atoms with Crippen LogP contribution in [-0.4, -0.2) is 72.7 Å². The first-order valence-corrected chi connectivity index (χ1v) is 16.1. The summed E-state index contributed by atoms with van der Waals surface area (Å²) < 4.78 is 0. The molecule has 8 nitrogen and oxygen atoms in total. The molecule has 0 aliphatic carbocycles. The fourth-order valence-electron chi connectivity index (χ4n) is 5.43. The van der Waals surface area contributed by atoms with Crippen molar-refractivity contribution in [1.82, 2.24) is 20.4 Å². The first kappa shape index (κ1) is 37.1. The number of amides is 4. The second kappa shape index (κ2) is 20.1. The van der Waals surface area contributed by atoms with Crippen molar-refractivity contribution in [3.05, 3.63) is 35.9 Å². The molecule has 0 heterocycles. The molecule has 0 saturated heterocycles. The summed E-state index contributed by atoms with van der Waals surface area (Å²) >= 11 is 0. The number of likely N-dealkylation sites (N-methyl/N-ethyl adjacent to an activating group) is 1. The van der Waals surface area contributed by atoms with E-state index in [2.05, 4.69) is 50.5 Å². The van der Waals surface area contributed by atoms with Crippen LogP contribution in [-0.2, 0) is 25.6 Å². The molecule has 42 heavy (non-hydrogen) atoms. The molecule has 4 atom stereocenters. The van der Waals surface area contributed by atoms with Crippen LogP contribution < -0.4 is 10.6 Å². The maximum Gasteiger partial charge on any atom is 0.241 e. The van der Waals surface area contributed by atoms with Crippen molar-refractivity contribution >= 4 is 23.6 Å². The SMILES string of the molecule is CCCN(CC[C@H](C)C(=O)NCCc1ccccc1)C(=O)C[C@H](CC)C([C@H](C)CC)N(C)C(=O)CNC(=O)CC(C)C. The van der Waals surface area contributed by atoms with Crippen molar-refractivity contribution in [2.75, 3.05) is 33.2 Å². The van der Waals surface area contributed by atoms with Gasteiger partial charge < -0.3 is 20.4 Å². The molecule has 0 bridgehead atoms. The molecule has 1 aromatic rings. The zero-order valence-electron chi connectivity index (χ0n) is 27.6. The number of carbonyl (C=O) groups is 4. The average molecular weight is 587 g/mol. The molecule has 0 aromatic heterocycles. The third kappa shape index (κ3) is 13.4. The molecule has 238 valence electrons. The van der Waals surface area contributed by atoms with E-state index in [1.807, 2.05) is 43.9 Å². The Morgan fingerprint density at radius 1 is 0.833 bits per heavy atom. The lowest BCUT2D eigenvalue weighted by Gasteiger charge is -2.39. The van der Waals surface area contributed by atoms with Gasteiger partial charge in [0.2, 0.25) is 23.6 Å². The van der Waals surface area contributed by atoms with E-state index in [1.54, 1.807) is 11.9 Å². The molecule has 4 amide bonds. The van der Waals surface area contributed by atoms with Gasteiger partial charge >= 0.3 is 0 Å². The van der Waals surface area contributed by atoms with Crippen LogP contribution in [0.2, 0.25) is 0 Å². The predicted octanol–water partition coefficient (Wildman–Crippen LogP) is 5.06. The lowest BCUT2D eigenvalue weighted by atomic mass is 9.82. The van der Waals surface area contributed by atoms with Gasteiger partial charge in [0.1, 0.15) is 0 Å². The van der Waals surface area contributed by atoms with Gasteiger partial charge in [0.15, 0.2) is 0 Å². The standard InChI is InChI=1S/C34H58N4O4/c1-9-20-38(21-18-27(7)34(42)35-19-17-28-15-13-12-14-16-28)31(40)23-29(11-3)33(26(6)10-2)37(8)32(41)24-36-30(39)22-25(4)5/h12-16,25-27,29,33H,9-11,17-24H2,1-8H3,(H,35,42)(H,36,39)/t26-,27+,29+,33?/m1/s1. The highest BCUT2D eigenvalue weighted by Gasteiger charge is 2.33. The second-order valence-corrected chi connectivity index (χ2v) is 12.2. The van der Waals surface area contributed by atoms with Gasteiger partial charge in [-0.05, 0) is 42.6 Å². The Morgan fingerprint density at radius 2 is 1.50 bits per heavy atom. The Kier molecular flexibility index (Phi) is 17.8. The highest BCUT2D eigenvalue weighted by atomic mass is 16.2. The summed E-state index contributed by atoms with van der Waals surface area (Å²) in [5.41, 5.74) is 1.19. The van der Waals surface area contributed by atoms with Gasteiger partial charge in [-0.2, -0.15) is 0 Å². The van der Waals surface area contributed by atoms with Crippen molar-refractivity contribution in [3.63, 3.8) is 0 Å². The number of nitrogens with one attached hydrogen (secondary N) is 2. The third-order valence-electron chi connectivity index (χ3n) is 8.22. The quantitative estimate of drug-likeness (QED) is 0.223. The van der Waals surface area contributed by atoms with Crippen LogP contribution in [0, 0.1) is 23.7 Å². The molecular formula is C34H58N4O4. The monoisotopic (exact) mass is 586 g/mol. The van der Waals surface area contributed by atoms with Crippen LogP contribution in [0.25, 0.3) is 0 Å². The number of hydrogen-bond acceptors (Lipinski definition) is 4. The van der Waals surface area contributed by atoms with Crippen LogP contribution in [0.15, 0.2) is 30.3 Å². The van der Waals surface area contributed by atoms with Crippen LogP contribution in [0.1, 0.15) is 92.6 Å². The van der Waals surface area contributed by atoms with Crippen molar-refractivity contribution < 1.29 is 19.2 Å². The molecule has 2 N–H and O–H groups in total. The Balaban J connectivity index is 2.79. The summed E-state index contributed by atoms with van der Waals surface area (Å²) in [5.74, 6) is 0.0393. The predicted molar refractivity (Wildman–Crippen MR) is 171 cm³/mol. The van der Waals surface area contributed by atoms with Crippen molar-refractivity contribution in [3.8, 4) is 0 Å². The van der Waals surface area contributed by atoms with Gasteiger partial charge in [0, 0.05) is 51.5 Å². The largest absolute Gasteiger partial charge is 0.356 e. The van der Waals surface area contributed by atoms with E-state index >= 15 is 0 Å². The van der Waals surface area contributed by atoms with Gasteiger partial charge in [-0.1, -0.05) is 91.6 Å². The fourth-order valence-corrected chi connectivity index (χ4v) is 5.43. The lowest BCUT2D eigenvalue weighted by Crippen LogP contribution is -2.50. The van der Waals surface area contributed by atoms with Gasteiger partial charge in [-0.15, -0.1) is 0 Å². The minimum Gasteiger partial charge on any atom is -0.356 e. The zero-order valence-corrected chi connectivity index (χ0v) is 27.6. The number of benzene rings is 1. The minimum atomic E-state index is -0.197. The van der Waals surface area contributed by atoms with Crippen LogP contribution in [0.5, 0.6) is 0 Å². The van der Waals surface area contributed by atoms with Crippen LogP contribution in [0.3, 0.4) is 0 Å². The normalized spacial score (nSPS) is 14.0. The molecule has 0 radical (unpaired) electrons. The van der Waals surface area contributed by atoms with Crippen molar-refractivity contribution in [2.45, 2.75) is 99.5 Å². The molecule has 0 aliphatic rings. The first-order valence-electron chi connectivity index (χ1n) is 16.1. The summed E-state index contributed by atoms with van der Waals surface area (Å²) in [4.78, 5) is 55.2. The number of rotatable bonds is 20. The van der Waals surface area contributed by atoms with E-state index in [9.17, 15) is 19.2 Å². The van der Waals surface area contributed by atoms with E-state index in [1.165, 1.54) is 5.56 Å². The van der Waals surface area contributed by atoms with Crippen LogP contribution in [0.4, 0.5) is 0 Å². The van der Waals surface area contributed by atoms with E-state index in [-0.39, 0.29) is 59.9 Å². The van der Waals surface area contributed by atoms with Crippen molar-refractivity contribution in [1.29, 1.82) is 0 Å². The van der Waals surface area contributed by atoms with Gasteiger partial charge in [0.05, 0.1) is 6.54 Å². The summed E-state index contributed by atoms with van der Waals surface area (Å²) in [7, 11) is 1.79. The molecule has 1 aromatic carbocycles. The topological polar surface area (TPSA) is 98.8 Å². The molecule has 8 heteroatoms. The third-order valence-corrected chi connectivity index (χ3v) is 8.22. The van der Waals surface area contributed by atoms with E-state index in [4.69, 9.17) is 0 Å². The summed E-state index contributed by atoms with van der Waals surface area (Å²) in [6.07, 6.45) is 4.60. The molecule has 0 aliphatic heterocycles. The molecule has 0 fully saturated rings. The Hall–Kier alpha value is -2.90. The average Bonchev–Trinajstić information content (AvgIpc) is 2.97. The Labute approximate surface area is 255 Å². The number of hydrogen-bond donors (Lipinski definition) is 2. The van der Waals surface area contributed by atoms with E-state index in [0.717, 1.165) is 25.7 Å². The smallest absolute Gasteiger partial charge is 0.241 e. The van der Waals surface area contributed by atoms with Crippen molar-refractivity contribution in [2.24, 2.45) is 23.7 Å². The molecule has 1 unspecified atom stereocenters. The second-order valence-electron chi connectivity index (χ2n) is 12.2. The zero-order chi connectivity index (χ0) is 31.7. The minimum absolute atomic E-state index is 0.00849. The molecule has 0 saturated carbocycles. The number of nitrogens with zero attached hydrogens (tertiary/aromatic N) is 2.